The average Bonchev–Trinajstić information content (AvgIpc) is 3.61. The first-order valence-electron chi connectivity index (χ1n) is 12.0. The molecule has 38 heavy (non-hydrogen) atoms. The van der Waals surface area contributed by atoms with E-state index in [1.807, 2.05) is 25.4 Å². The molecule has 0 unspecified atom stereocenters. The third kappa shape index (κ3) is 4.26. The SMILES string of the molecule is Cn1cc(-n2cc(C3CC3)cc(Nc3nc4ncc(OC(=CN)c5ccccn5)c(Cl)c4n3C)c2=O)cn1. The van der Waals surface area contributed by atoms with Gasteiger partial charge in [0, 0.05) is 38.9 Å². The zero-order valence-electron chi connectivity index (χ0n) is 20.7. The molecule has 5 aromatic rings. The fraction of sp³-hybridized carbons (Fsp3) is 0.192. The van der Waals surface area contributed by atoms with Crippen LogP contribution in [0.3, 0.4) is 0 Å². The van der Waals surface area contributed by atoms with Crippen LogP contribution in [0.1, 0.15) is 30.0 Å². The highest BCUT2D eigenvalue weighted by atomic mass is 35.5. The second kappa shape index (κ2) is 9.34. The summed E-state index contributed by atoms with van der Waals surface area (Å²) in [6.07, 6.45) is 12.0. The molecule has 11 nitrogen and oxygen atoms in total. The van der Waals surface area contributed by atoms with Crippen LogP contribution in [0.4, 0.5) is 11.6 Å². The van der Waals surface area contributed by atoms with Gasteiger partial charge >= 0.3 is 0 Å². The lowest BCUT2D eigenvalue weighted by atomic mass is 10.1. The minimum Gasteiger partial charge on any atom is -0.450 e. The summed E-state index contributed by atoms with van der Waals surface area (Å²) in [5.41, 5.74) is 9.23. The molecule has 0 spiro atoms. The Kier molecular flexibility index (Phi) is 5.84. The number of hydrogen-bond donors (Lipinski definition) is 2. The molecule has 0 aliphatic heterocycles. The maximum atomic E-state index is 13.5. The zero-order valence-corrected chi connectivity index (χ0v) is 21.4. The molecule has 0 amide bonds. The van der Waals surface area contributed by atoms with E-state index < -0.39 is 0 Å². The van der Waals surface area contributed by atoms with Crippen LogP contribution in [0.25, 0.3) is 22.6 Å². The fourth-order valence-electron chi connectivity index (χ4n) is 4.27. The van der Waals surface area contributed by atoms with Gasteiger partial charge in [-0.25, -0.2) is 4.98 Å². The number of rotatable bonds is 7. The van der Waals surface area contributed by atoms with Gasteiger partial charge in [0.1, 0.15) is 21.9 Å². The zero-order chi connectivity index (χ0) is 26.4. The first-order chi connectivity index (χ1) is 18.4. The topological polar surface area (TPSA) is 131 Å². The van der Waals surface area contributed by atoms with Gasteiger partial charge in [-0.05, 0) is 42.5 Å². The van der Waals surface area contributed by atoms with Crippen molar-refractivity contribution in [1.82, 2.24) is 33.9 Å². The molecule has 1 saturated carbocycles. The quantitative estimate of drug-likeness (QED) is 0.304. The summed E-state index contributed by atoms with van der Waals surface area (Å²) in [5.74, 6) is 1.47. The molecule has 0 saturated heterocycles. The third-order valence-corrected chi connectivity index (χ3v) is 6.76. The van der Waals surface area contributed by atoms with Gasteiger partial charge in [-0.3, -0.25) is 19.0 Å². The van der Waals surface area contributed by atoms with Crippen molar-refractivity contribution in [2.75, 3.05) is 5.32 Å². The summed E-state index contributed by atoms with van der Waals surface area (Å²) in [5, 5.41) is 7.72. The van der Waals surface area contributed by atoms with Crippen molar-refractivity contribution in [2.45, 2.75) is 18.8 Å². The Morgan fingerprint density at radius 1 is 1.21 bits per heavy atom. The molecule has 192 valence electrons. The van der Waals surface area contributed by atoms with Crippen molar-refractivity contribution in [3.8, 4) is 11.4 Å². The molecule has 0 bridgehead atoms. The number of imidazole rings is 1. The Morgan fingerprint density at radius 2 is 2.05 bits per heavy atom. The van der Waals surface area contributed by atoms with E-state index in [-0.39, 0.29) is 5.56 Å². The van der Waals surface area contributed by atoms with Crippen LogP contribution < -0.4 is 21.3 Å². The van der Waals surface area contributed by atoms with Crippen molar-refractivity contribution in [3.05, 3.63) is 88.1 Å². The summed E-state index contributed by atoms with van der Waals surface area (Å²) in [4.78, 5) is 26.7. The summed E-state index contributed by atoms with van der Waals surface area (Å²) >= 11 is 6.75. The van der Waals surface area contributed by atoms with Crippen LogP contribution in [0.2, 0.25) is 5.02 Å². The Balaban J connectivity index is 1.38. The molecule has 0 radical (unpaired) electrons. The van der Waals surface area contributed by atoms with Gasteiger partial charge in [-0.15, -0.1) is 0 Å². The van der Waals surface area contributed by atoms with Gasteiger partial charge in [0.2, 0.25) is 5.95 Å². The van der Waals surface area contributed by atoms with E-state index in [4.69, 9.17) is 22.1 Å². The molecule has 1 fully saturated rings. The predicted molar refractivity (Wildman–Crippen MR) is 145 cm³/mol. The number of nitrogens with two attached hydrogens (primary N) is 1. The Morgan fingerprint density at radius 3 is 2.74 bits per heavy atom. The molecule has 5 aromatic heterocycles. The summed E-state index contributed by atoms with van der Waals surface area (Å²) in [7, 11) is 3.60. The minimum absolute atomic E-state index is 0.217. The van der Waals surface area contributed by atoms with Gasteiger partial charge in [0.25, 0.3) is 5.56 Å². The summed E-state index contributed by atoms with van der Waals surface area (Å²) in [6, 6.07) is 7.30. The monoisotopic (exact) mass is 529 g/mol. The summed E-state index contributed by atoms with van der Waals surface area (Å²) < 4.78 is 11.0. The highest BCUT2D eigenvalue weighted by molar-refractivity contribution is 6.36. The van der Waals surface area contributed by atoms with E-state index in [9.17, 15) is 4.79 Å². The number of anilines is 2. The maximum Gasteiger partial charge on any atom is 0.278 e. The van der Waals surface area contributed by atoms with Crippen LogP contribution in [-0.2, 0) is 14.1 Å². The van der Waals surface area contributed by atoms with Gasteiger partial charge in [-0.2, -0.15) is 10.1 Å². The average molecular weight is 530 g/mol. The third-order valence-electron chi connectivity index (χ3n) is 6.40. The largest absolute Gasteiger partial charge is 0.450 e. The molecule has 6 rings (SSSR count). The number of nitrogens with zero attached hydrogens (tertiary/aromatic N) is 7. The van der Waals surface area contributed by atoms with Crippen LogP contribution in [0, 0.1) is 0 Å². The molecular weight excluding hydrogens is 506 g/mol. The van der Waals surface area contributed by atoms with E-state index in [1.165, 1.54) is 12.4 Å². The molecule has 1 aliphatic rings. The van der Waals surface area contributed by atoms with E-state index in [0.717, 1.165) is 18.4 Å². The first-order valence-corrected chi connectivity index (χ1v) is 12.4. The fourth-order valence-corrected chi connectivity index (χ4v) is 4.57. The van der Waals surface area contributed by atoms with Crippen molar-refractivity contribution in [3.63, 3.8) is 0 Å². The number of aromatic nitrogens is 7. The number of ether oxygens (including phenoxy) is 1. The van der Waals surface area contributed by atoms with Crippen molar-refractivity contribution in [1.29, 1.82) is 0 Å². The van der Waals surface area contributed by atoms with Crippen molar-refractivity contribution >= 4 is 40.2 Å². The van der Waals surface area contributed by atoms with Crippen LogP contribution in [-0.4, -0.2) is 33.9 Å². The Labute approximate surface area is 222 Å². The number of nitrogens with one attached hydrogen (secondary N) is 1. The smallest absolute Gasteiger partial charge is 0.278 e. The number of aryl methyl sites for hydroxylation is 2. The van der Waals surface area contributed by atoms with Gasteiger partial charge in [0.05, 0.1) is 18.1 Å². The van der Waals surface area contributed by atoms with E-state index in [1.54, 1.807) is 51.6 Å². The van der Waals surface area contributed by atoms with Gasteiger partial charge < -0.3 is 20.4 Å². The second-order valence-electron chi connectivity index (χ2n) is 9.08. The molecular formula is C26H24ClN9O2. The number of fused-ring (bicyclic) bond motifs is 1. The normalized spacial score (nSPS) is 13.7. The number of hydrogen-bond acceptors (Lipinski definition) is 8. The predicted octanol–water partition coefficient (Wildman–Crippen LogP) is 3.86. The molecule has 0 aromatic carbocycles. The summed E-state index contributed by atoms with van der Waals surface area (Å²) in [6.45, 7) is 0. The van der Waals surface area contributed by atoms with Crippen LogP contribution >= 0.6 is 11.6 Å². The van der Waals surface area contributed by atoms with E-state index >= 15 is 0 Å². The van der Waals surface area contributed by atoms with Gasteiger partial charge in [-0.1, -0.05) is 17.7 Å². The maximum absolute atomic E-state index is 13.5. The lowest BCUT2D eigenvalue weighted by Crippen LogP contribution is -2.22. The molecule has 5 heterocycles. The molecule has 12 heteroatoms. The highest BCUT2D eigenvalue weighted by Crippen LogP contribution is 2.41. The lowest BCUT2D eigenvalue weighted by Gasteiger charge is -2.12. The Bertz CT molecular complexity index is 1750. The van der Waals surface area contributed by atoms with E-state index in [2.05, 4.69) is 25.4 Å². The lowest BCUT2D eigenvalue weighted by molar-refractivity contribution is 0.509. The molecule has 3 N–H and O–H groups in total. The Hall–Kier alpha value is -4.64. The second-order valence-corrected chi connectivity index (χ2v) is 9.46. The van der Waals surface area contributed by atoms with Crippen LogP contribution in [0.15, 0.2) is 66.2 Å². The minimum atomic E-state index is -0.217. The highest BCUT2D eigenvalue weighted by Gasteiger charge is 2.26. The van der Waals surface area contributed by atoms with Gasteiger partial charge in [0.15, 0.2) is 17.2 Å². The first kappa shape index (κ1) is 23.7. The number of halogens is 1. The standard InChI is InChI=1S/C26H24ClN9O2/c1-34-14-17(11-31-34)36-13-16(15-6-7-15)9-19(25(36)37)32-26-33-24-23(35(26)2)22(27)21(12-30-24)38-20(10-28)18-5-3-4-8-29-18/h3-5,8-15H,6-7,28H2,1-2H3,(H,30,32,33). The van der Waals surface area contributed by atoms with E-state index in [0.29, 0.717) is 56.6 Å². The number of pyridine rings is 3. The van der Waals surface area contributed by atoms with Crippen molar-refractivity contribution < 1.29 is 4.74 Å². The van der Waals surface area contributed by atoms with Crippen LogP contribution in [0.5, 0.6) is 5.75 Å². The van der Waals surface area contributed by atoms with Crippen molar-refractivity contribution in [2.24, 2.45) is 19.8 Å². The molecule has 1 aliphatic carbocycles. The molecule has 0 atom stereocenters.